The lowest BCUT2D eigenvalue weighted by Gasteiger charge is -2.26. The van der Waals surface area contributed by atoms with Gasteiger partial charge in [-0.05, 0) is 6.42 Å². The van der Waals surface area contributed by atoms with Crippen molar-refractivity contribution in [1.82, 2.24) is 9.80 Å². The molecule has 0 spiro atoms. The second kappa shape index (κ2) is 2.70. The molecule has 0 aromatic rings. The molecule has 0 aliphatic carbocycles. The summed E-state index contributed by atoms with van der Waals surface area (Å²) in [7, 11) is 1.90. The minimum absolute atomic E-state index is 0.151. The van der Waals surface area contributed by atoms with Gasteiger partial charge in [0.2, 0.25) is 5.91 Å². The molecule has 3 rings (SSSR count). The van der Waals surface area contributed by atoms with Gasteiger partial charge < -0.3 is 9.64 Å². The average Bonchev–Trinajstić information content (AvgIpc) is 2.70. The van der Waals surface area contributed by atoms with E-state index in [1.807, 2.05) is 11.9 Å². The van der Waals surface area contributed by atoms with Crippen LogP contribution in [0.15, 0.2) is 0 Å². The number of rotatable bonds is 1. The fourth-order valence-electron chi connectivity index (χ4n) is 3.24. The van der Waals surface area contributed by atoms with Crippen molar-refractivity contribution >= 4 is 5.91 Å². The van der Waals surface area contributed by atoms with Crippen LogP contribution in [-0.4, -0.2) is 60.1 Å². The number of fused-ring (bicyclic) bond motifs is 1. The summed E-state index contributed by atoms with van der Waals surface area (Å²) >= 11 is 0. The van der Waals surface area contributed by atoms with Gasteiger partial charge in [-0.15, -0.1) is 0 Å². The molecule has 0 aromatic heterocycles. The lowest BCUT2D eigenvalue weighted by molar-refractivity contribution is -0.130. The molecule has 0 N–H and O–H groups in total. The molecule has 3 saturated heterocycles. The van der Waals surface area contributed by atoms with E-state index in [1.165, 1.54) is 0 Å². The topological polar surface area (TPSA) is 32.8 Å². The SMILES string of the molecule is CC(=O)N(C)[C@H]1[C@H]2[C@@H]3CCN2C[C@@H]1O3. The van der Waals surface area contributed by atoms with E-state index in [1.54, 1.807) is 6.92 Å². The van der Waals surface area contributed by atoms with Crippen LogP contribution in [0, 0.1) is 0 Å². The van der Waals surface area contributed by atoms with Crippen molar-refractivity contribution in [1.29, 1.82) is 0 Å². The molecule has 0 saturated carbocycles. The monoisotopic (exact) mass is 196 g/mol. The first-order valence-electron chi connectivity index (χ1n) is 5.31. The van der Waals surface area contributed by atoms with Gasteiger partial charge in [0.25, 0.3) is 0 Å². The molecule has 3 aliphatic rings. The highest BCUT2D eigenvalue weighted by molar-refractivity contribution is 5.73. The Morgan fingerprint density at radius 2 is 2.29 bits per heavy atom. The Morgan fingerprint density at radius 1 is 1.50 bits per heavy atom. The summed E-state index contributed by atoms with van der Waals surface area (Å²) in [6, 6.07) is 0.786. The predicted molar refractivity (Wildman–Crippen MR) is 50.9 cm³/mol. The number of carbonyl (C=O) groups excluding carboxylic acids is 1. The van der Waals surface area contributed by atoms with Gasteiger partial charge in [0.05, 0.1) is 24.3 Å². The Hall–Kier alpha value is -0.610. The van der Waals surface area contributed by atoms with Crippen molar-refractivity contribution in [3.63, 3.8) is 0 Å². The zero-order chi connectivity index (χ0) is 9.87. The van der Waals surface area contributed by atoms with Crippen molar-refractivity contribution in [2.24, 2.45) is 0 Å². The molecular weight excluding hydrogens is 180 g/mol. The van der Waals surface area contributed by atoms with Crippen LogP contribution in [0.5, 0.6) is 0 Å². The first kappa shape index (κ1) is 8.68. The van der Waals surface area contributed by atoms with E-state index >= 15 is 0 Å². The first-order valence-corrected chi connectivity index (χ1v) is 5.31. The van der Waals surface area contributed by atoms with E-state index in [-0.39, 0.29) is 12.0 Å². The Balaban J connectivity index is 1.87. The van der Waals surface area contributed by atoms with E-state index in [4.69, 9.17) is 4.74 Å². The quantitative estimate of drug-likeness (QED) is 0.576. The molecule has 78 valence electrons. The van der Waals surface area contributed by atoms with Gasteiger partial charge in [-0.1, -0.05) is 0 Å². The number of hydrogen-bond donors (Lipinski definition) is 0. The van der Waals surface area contributed by atoms with E-state index in [2.05, 4.69) is 4.90 Å². The summed E-state index contributed by atoms with van der Waals surface area (Å²) in [6.07, 6.45) is 1.80. The smallest absolute Gasteiger partial charge is 0.219 e. The Kier molecular flexibility index (Phi) is 1.67. The number of amides is 1. The Labute approximate surface area is 83.8 Å². The highest BCUT2D eigenvalue weighted by atomic mass is 16.5. The van der Waals surface area contributed by atoms with Crippen molar-refractivity contribution < 1.29 is 9.53 Å². The van der Waals surface area contributed by atoms with Crippen LogP contribution in [0.25, 0.3) is 0 Å². The number of hydrogen-bond acceptors (Lipinski definition) is 3. The van der Waals surface area contributed by atoms with Crippen LogP contribution in [0.3, 0.4) is 0 Å². The van der Waals surface area contributed by atoms with Crippen LogP contribution in [-0.2, 0) is 9.53 Å². The van der Waals surface area contributed by atoms with Gasteiger partial charge in [0, 0.05) is 27.1 Å². The largest absolute Gasteiger partial charge is 0.370 e. The fourth-order valence-corrected chi connectivity index (χ4v) is 3.24. The number of likely N-dealkylation sites (N-methyl/N-ethyl adjacent to an activating group) is 1. The van der Waals surface area contributed by atoms with Crippen molar-refractivity contribution in [3.05, 3.63) is 0 Å². The molecular formula is C10H16N2O2. The molecule has 1 amide bonds. The maximum absolute atomic E-state index is 11.3. The normalized spacial score (nSPS) is 44.7. The molecule has 0 unspecified atom stereocenters. The molecule has 0 radical (unpaired) electrons. The molecule has 3 aliphatic heterocycles. The Bertz CT molecular complexity index is 267. The number of ether oxygens (including phenoxy) is 1. The molecule has 4 atom stereocenters. The van der Waals surface area contributed by atoms with Gasteiger partial charge in [0.1, 0.15) is 0 Å². The Morgan fingerprint density at radius 3 is 2.93 bits per heavy atom. The van der Waals surface area contributed by atoms with Crippen LogP contribution >= 0.6 is 0 Å². The summed E-state index contributed by atoms with van der Waals surface area (Å²) in [6.45, 7) is 3.80. The first-order chi connectivity index (χ1) is 6.68. The maximum Gasteiger partial charge on any atom is 0.219 e. The van der Waals surface area contributed by atoms with Gasteiger partial charge in [-0.2, -0.15) is 0 Å². The summed E-state index contributed by atoms with van der Waals surface area (Å²) in [5, 5.41) is 0. The van der Waals surface area contributed by atoms with E-state index in [0.29, 0.717) is 18.2 Å². The third-order valence-corrected chi connectivity index (χ3v) is 3.94. The molecule has 4 heteroatoms. The van der Waals surface area contributed by atoms with Gasteiger partial charge >= 0.3 is 0 Å². The predicted octanol–water partition coefficient (Wildman–Crippen LogP) is -0.311. The van der Waals surface area contributed by atoms with E-state index in [0.717, 1.165) is 19.5 Å². The second-order valence-corrected chi connectivity index (χ2v) is 4.61. The maximum atomic E-state index is 11.3. The standard InChI is InChI=1S/C10H16N2O2/c1-6(13)11(2)9-8-5-12-4-3-7(14-8)10(9)12/h7-10H,3-5H2,1-2H3/t7-,8-,9+,10+/m0/s1. The molecule has 2 bridgehead atoms. The third-order valence-electron chi connectivity index (χ3n) is 3.94. The molecule has 4 nitrogen and oxygen atoms in total. The van der Waals surface area contributed by atoms with Gasteiger partial charge in [-0.3, -0.25) is 9.69 Å². The lowest BCUT2D eigenvalue weighted by Crippen LogP contribution is -2.45. The van der Waals surface area contributed by atoms with E-state index < -0.39 is 0 Å². The van der Waals surface area contributed by atoms with Crippen molar-refractivity contribution in [3.8, 4) is 0 Å². The van der Waals surface area contributed by atoms with E-state index in [9.17, 15) is 4.79 Å². The van der Waals surface area contributed by atoms with Gasteiger partial charge in [0.15, 0.2) is 0 Å². The zero-order valence-electron chi connectivity index (χ0n) is 8.64. The number of morpholine rings is 1. The minimum atomic E-state index is 0.151. The van der Waals surface area contributed by atoms with Crippen molar-refractivity contribution in [2.45, 2.75) is 37.6 Å². The molecule has 0 aromatic carbocycles. The summed E-state index contributed by atoms with van der Waals surface area (Å²) in [5.41, 5.74) is 0. The van der Waals surface area contributed by atoms with Crippen LogP contribution in [0.4, 0.5) is 0 Å². The van der Waals surface area contributed by atoms with Gasteiger partial charge in [-0.25, -0.2) is 0 Å². The van der Waals surface area contributed by atoms with Crippen LogP contribution < -0.4 is 0 Å². The summed E-state index contributed by atoms with van der Waals surface area (Å²) < 4.78 is 5.90. The number of nitrogens with zero attached hydrogens (tertiary/aromatic N) is 2. The highest BCUT2D eigenvalue weighted by Crippen LogP contribution is 2.41. The lowest BCUT2D eigenvalue weighted by atomic mass is 10.1. The zero-order valence-corrected chi connectivity index (χ0v) is 8.64. The third kappa shape index (κ3) is 0.929. The second-order valence-electron chi connectivity index (χ2n) is 4.61. The average molecular weight is 196 g/mol. The van der Waals surface area contributed by atoms with Crippen LogP contribution in [0.1, 0.15) is 13.3 Å². The van der Waals surface area contributed by atoms with Crippen LogP contribution in [0.2, 0.25) is 0 Å². The minimum Gasteiger partial charge on any atom is -0.370 e. The highest BCUT2D eigenvalue weighted by Gasteiger charge is 2.58. The van der Waals surface area contributed by atoms with Crippen molar-refractivity contribution in [2.75, 3.05) is 20.1 Å². The molecule has 3 heterocycles. The molecule has 3 fully saturated rings. The molecule has 14 heavy (non-hydrogen) atoms. The fraction of sp³-hybridized carbons (Fsp3) is 0.900. The number of carbonyl (C=O) groups is 1. The summed E-state index contributed by atoms with van der Waals surface area (Å²) in [5.74, 6) is 0.151. The summed E-state index contributed by atoms with van der Waals surface area (Å²) in [4.78, 5) is 15.7.